The minimum Gasteiger partial charge on any atom is -0.507 e. The van der Waals surface area contributed by atoms with Crippen LogP contribution in [0.2, 0.25) is 0 Å². The van der Waals surface area contributed by atoms with Gasteiger partial charge in [0.25, 0.3) is 0 Å². The number of hydrogen-bond donors (Lipinski definition) is 1. The van der Waals surface area contributed by atoms with E-state index in [1.54, 1.807) is 12.3 Å². The van der Waals surface area contributed by atoms with Crippen molar-refractivity contribution in [1.82, 2.24) is 14.4 Å². The number of phenols is 1. The Hall–Kier alpha value is -5.42. The lowest BCUT2D eigenvalue weighted by Gasteiger charge is -2.19. The SMILES string of the molecule is CC(C)(C)c1ccc2cc3ccc4c5ccc(O)c(-c6cccc(-c7cccc(-c8ccccn8)c7)n6)c5oc4n3c2c1. The number of fused-ring (bicyclic) bond motifs is 7. The van der Waals surface area contributed by atoms with Gasteiger partial charge in [-0.25, -0.2) is 4.98 Å². The second-order valence-electron chi connectivity index (χ2n) is 12.1. The van der Waals surface area contributed by atoms with E-state index >= 15 is 0 Å². The molecule has 0 spiro atoms. The van der Waals surface area contributed by atoms with Gasteiger partial charge in [0.2, 0.25) is 5.71 Å². The molecule has 0 saturated carbocycles. The van der Waals surface area contributed by atoms with Crippen molar-refractivity contribution in [2.24, 2.45) is 0 Å². The molecule has 5 heterocycles. The quantitative estimate of drug-likeness (QED) is 0.234. The van der Waals surface area contributed by atoms with Gasteiger partial charge in [-0.2, -0.15) is 0 Å². The maximum atomic E-state index is 11.2. The molecule has 0 aliphatic rings. The fourth-order valence-electron chi connectivity index (χ4n) is 6.04. The molecule has 0 amide bonds. The average Bonchev–Trinajstić information content (AvgIpc) is 3.59. The Labute approximate surface area is 248 Å². The van der Waals surface area contributed by atoms with Crippen LogP contribution >= 0.6 is 0 Å². The number of nitrogens with zero attached hydrogens (tertiary/aromatic N) is 3. The summed E-state index contributed by atoms with van der Waals surface area (Å²) in [5.41, 5.74) is 9.73. The first-order valence-corrected chi connectivity index (χ1v) is 14.5. The van der Waals surface area contributed by atoms with Gasteiger partial charge in [0, 0.05) is 39.0 Å². The largest absolute Gasteiger partial charge is 0.507 e. The van der Waals surface area contributed by atoms with E-state index in [0.717, 1.165) is 55.4 Å². The summed E-state index contributed by atoms with van der Waals surface area (Å²) in [6, 6.07) is 36.7. The molecule has 0 fully saturated rings. The van der Waals surface area contributed by atoms with Crippen LogP contribution in [0.15, 0.2) is 120 Å². The van der Waals surface area contributed by atoms with E-state index in [2.05, 4.69) is 72.6 Å². The van der Waals surface area contributed by atoms with Crippen molar-refractivity contribution in [3.05, 3.63) is 121 Å². The topological polar surface area (TPSA) is 63.6 Å². The van der Waals surface area contributed by atoms with Crippen molar-refractivity contribution >= 4 is 38.5 Å². The fraction of sp³-hybridized carbons (Fsp3) is 0.105. The highest BCUT2D eigenvalue weighted by Crippen LogP contribution is 2.42. The van der Waals surface area contributed by atoms with E-state index in [-0.39, 0.29) is 11.2 Å². The third-order valence-electron chi connectivity index (χ3n) is 8.30. The van der Waals surface area contributed by atoms with E-state index in [0.29, 0.717) is 16.8 Å². The molecule has 0 bridgehead atoms. The molecule has 3 aromatic carbocycles. The van der Waals surface area contributed by atoms with E-state index in [1.807, 2.05) is 60.7 Å². The number of pyridine rings is 3. The first-order valence-electron chi connectivity index (χ1n) is 14.5. The lowest BCUT2D eigenvalue weighted by atomic mass is 9.87. The van der Waals surface area contributed by atoms with E-state index in [9.17, 15) is 5.11 Å². The van der Waals surface area contributed by atoms with Gasteiger partial charge in [-0.1, -0.05) is 63.2 Å². The number of aromatic nitrogens is 3. The highest BCUT2D eigenvalue weighted by atomic mass is 16.3. The molecule has 0 atom stereocenters. The molecular weight excluding hydrogens is 530 g/mol. The molecule has 0 unspecified atom stereocenters. The van der Waals surface area contributed by atoms with Crippen LogP contribution in [-0.4, -0.2) is 19.5 Å². The predicted molar refractivity (Wildman–Crippen MR) is 174 cm³/mol. The predicted octanol–water partition coefficient (Wildman–Crippen LogP) is 9.79. The van der Waals surface area contributed by atoms with Crippen LogP contribution in [0.1, 0.15) is 26.3 Å². The summed E-state index contributed by atoms with van der Waals surface area (Å²) in [7, 11) is 0. The van der Waals surface area contributed by atoms with Gasteiger partial charge in [0.1, 0.15) is 5.75 Å². The Morgan fingerprint density at radius 1 is 0.698 bits per heavy atom. The molecule has 0 radical (unpaired) electrons. The van der Waals surface area contributed by atoms with Crippen molar-refractivity contribution in [3.8, 4) is 39.5 Å². The Balaban J connectivity index is 1.33. The maximum absolute atomic E-state index is 11.2. The van der Waals surface area contributed by atoms with Crippen LogP contribution in [0.3, 0.4) is 0 Å². The van der Waals surface area contributed by atoms with Crippen LogP contribution < -0.4 is 0 Å². The van der Waals surface area contributed by atoms with Gasteiger partial charge in [-0.05, 0) is 77.7 Å². The second-order valence-corrected chi connectivity index (χ2v) is 12.1. The number of benzene rings is 3. The van der Waals surface area contributed by atoms with Gasteiger partial charge >= 0.3 is 0 Å². The zero-order valence-electron chi connectivity index (χ0n) is 24.2. The standard InChI is InChI=1S/C38H29N3O2/c1-38(2,3)26-14-13-25-21-27-15-16-29-28-17-18-34(42)35(36(28)43-37(29)41(27)33(25)22-26)32-12-7-11-31(40-32)24-9-6-8-23(20-24)30-10-4-5-19-39-30/h4-22,42H,1-3H3. The van der Waals surface area contributed by atoms with Gasteiger partial charge in [0.15, 0.2) is 5.58 Å². The first-order chi connectivity index (χ1) is 20.8. The van der Waals surface area contributed by atoms with Crippen molar-refractivity contribution < 1.29 is 9.52 Å². The van der Waals surface area contributed by atoms with E-state index in [1.165, 1.54) is 5.56 Å². The van der Waals surface area contributed by atoms with Crippen molar-refractivity contribution in [2.45, 2.75) is 26.2 Å². The third-order valence-corrected chi connectivity index (χ3v) is 8.30. The van der Waals surface area contributed by atoms with Gasteiger partial charge in [0.05, 0.1) is 28.2 Å². The minimum absolute atomic E-state index is 0.0207. The molecule has 1 N–H and O–H groups in total. The Kier molecular flexibility index (Phi) is 5.47. The number of hydrogen-bond acceptors (Lipinski definition) is 4. The highest BCUT2D eigenvalue weighted by molar-refractivity contribution is 6.11. The zero-order valence-corrected chi connectivity index (χ0v) is 24.2. The van der Waals surface area contributed by atoms with Crippen molar-refractivity contribution in [2.75, 3.05) is 0 Å². The summed E-state index contributed by atoms with van der Waals surface area (Å²) >= 11 is 0. The molecule has 43 heavy (non-hydrogen) atoms. The minimum atomic E-state index is 0.0207. The molecule has 5 aromatic heterocycles. The second kappa shape index (κ2) is 9.30. The maximum Gasteiger partial charge on any atom is 0.213 e. The summed E-state index contributed by atoms with van der Waals surface area (Å²) in [6.45, 7) is 6.68. The fourth-order valence-corrected chi connectivity index (χ4v) is 6.04. The molecule has 8 aromatic rings. The average molecular weight is 560 g/mol. The van der Waals surface area contributed by atoms with Gasteiger partial charge in [-0.3, -0.25) is 9.38 Å². The summed E-state index contributed by atoms with van der Waals surface area (Å²) in [5.74, 6) is 0.127. The molecule has 208 valence electrons. The Morgan fingerprint density at radius 3 is 2.28 bits per heavy atom. The molecule has 5 heteroatoms. The summed E-state index contributed by atoms with van der Waals surface area (Å²) in [4.78, 5) is 9.52. The van der Waals surface area contributed by atoms with Gasteiger partial charge < -0.3 is 9.52 Å². The van der Waals surface area contributed by atoms with Crippen molar-refractivity contribution in [3.63, 3.8) is 0 Å². The summed E-state index contributed by atoms with van der Waals surface area (Å²) in [6.07, 6.45) is 1.80. The van der Waals surface area contributed by atoms with E-state index in [4.69, 9.17) is 9.40 Å². The highest BCUT2D eigenvalue weighted by Gasteiger charge is 2.21. The first kappa shape index (κ1) is 25.3. The summed E-state index contributed by atoms with van der Waals surface area (Å²) < 4.78 is 8.89. The molecule has 0 saturated heterocycles. The third kappa shape index (κ3) is 4.08. The van der Waals surface area contributed by atoms with Crippen LogP contribution in [0, 0.1) is 0 Å². The molecule has 0 aliphatic heterocycles. The lowest BCUT2D eigenvalue weighted by Crippen LogP contribution is -2.10. The van der Waals surface area contributed by atoms with Gasteiger partial charge in [-0.15, -0.1) is 0 Å². The normalized spacial score (nSPS) is 12.2. The molecule has 5 nitrogen and oxygen atoms in total. The number of furan rings is 1. The molecule has 0 aliphatic carbocycles. The summed E-state index contributed by atoms with van der Waals surface area (Å²) in [5, 5.41) is 14.3. The van der Waals surface area contributed by atoms with Crippen LogP contribution in [-0.2, 0) is 5.41 Å². The monoisotopic (exact) mass is 559 g/mol. The van der Waals surface area contributed by atoms with Crippen LogP contribution in [0.25, 0.3) is 72.3 Å². The van der Waals surface area contributed by atoms with E-state index < -0.39 is 0 Å². The number of phenolic OH excluding ortho intramolecular Hbond substituents is 1. The Morgan fingerprint density at radius 2 is 1.47 bits per heavy atom. The zero-order chi connectivity index (χ0) is 29.3. The van der Waals surface area contributed by atoms with Crippen LogP contribution in [0.4, 0.5) is 0 Å². The molecular formula is C38H29N3O2. The number of aromatic hydroxyl groups is 1. The number of rotatable bonds is 3. The smallest absolute Gasteiger partial charge is 0.213 e. The Bertz CT molecular complexity index is 2340. The molecule has 8 rings (SSSR count). The van der Waals surface area contributed by atoms with Crippen LogP contribution in [0.5, 0.6) is 5.75 Å². The van der Waals surface area contributed by atoms with Crippen molar-refractivity contribution in [1.29, 1.82) is 0 Å². The lowest BCUT2D eigenvalue weighted by molar-refractivity contribution is 0.476.